The number of H-pyrrole nitrogens is 1. The van der Waals surface area contributed by atoms with Gasteiger partial charge in [0.25, 0.3) is 0 Å². The van der Waals surface area contributed by atoms with Gasteiger partial charge in [0.1, 0.15) is 11.5 Å². The molecule has 6 nitrogen and oxygen atoms in total. The standard InChI is InChI=1S/C24H22Cl3N3O3/c1-4-20(31)28-16-10-13(25)6-8-14(16)24-15-7-5-12(9-17(15)29-30-24)21-22(26)18(32-2)11-19(33-3)23(21)27/h4,6,8,10-12H,1,5,7,9H2,2-3H3,(H,28,31)(H,29,30)/t12-/m1/s1. The normalized spacial score (nSPS) is 15.0. The van der Waals surface area contributed by atoms with Gasteiger partial charge in [-0.2, -0.15) is 5.10 Å². The zero-order valence-corrected chi connectivity index (χ0v) is 20.4. The fraction of sp³-hybridized carbons (Fsp3) is 0.250. The van der Waals surface area contributed by atoms with Crippen molar-refractivity contribution < 1.29 is 14.3 Å². The van der Waals surface area contributed by atoms with Crippen LogP contribution in [-0.2, 0) is 17.6 Å². The number of ether oxygens (including phenoxy) is 2. The van der Waals surface area contributed by atoms with Crippen LogP contribution in [0.1, 0.15) is 29.2 Å². The van der Waals surface area contributed by atoms with Crippen molar-refractivity contribution in [2.24, 2.45) is 0 Å². The molecule has 172 valence electrons. The number of carbonyl (C=O) groups excluding carboxylic acids is 1. The lowest BCUT2D eigenvalue weighted by atomic mass is 9.81. The molecule has 0 unspecified atom stereocenters. The highest BCUT2D eigenvalue weighted by Crippen LogP contribution is 2.48. The Morgan fingerprint density at radius 2 is 1.88 bits per heavy atom. The Morgan fingerprint density at radius 3 is 2.52 bits per heavy atom. The number of nitrogens with zero attached hydrogens (tertiary/aromatic N) is 1. The molecule has 1 aliphatic rings. The van der Waals surface area contributed by atoms with Gasteiger partial charge >= 0.3 is 0 Å². The average molecular weight is 507 g/mol. The summed E-state index contributed by atoms with van der Waals surface area (Å²) in [6, 6.07) is 7.02. The second-order valence-electron chi connectivity index (χ2n) is 7.68. The number of benzene rings is 2. The molecule has 2 aromatic carbocycles. The third-order valence-electron chi connectivity index (χ3n) is 5.84. The van der Waals surface area contributed by atoms with Crippen molar-refractivity contribution in [2.75, 3.05) is 19.5 Å². The lowest BCUT2D eigenvalue weighted by Crippen LogP contribution is -2.14. The third kappa shape index (κ3) is 4.43. The summed E-state index contributed by atoms with van der Waals surface area (Å²) in [5.41, 5.74) is 5.02. The summed E-state index contributed by atoms with van der Waals surface area (Å²) < 4.78 is 10.9. The summed E-state index contributed by atoms with van der Waals surface area (Å²) in [6.07, 6.45) is 3.43. The van der Waals surface area contributed by atoms with Gasteiger partial charge in [-0.15, -0.1) is 0 Å². The van der Waals surface area contributed by atoms with Crippen LogP contribution >= 0.6 is 34.8 Å². The van der Waals surface area contributed by atoms with Gasteiger partial charge in [-0.25, -0.2) is 0 Å². The van der Waals surface area contributed by atoms with Crippen LogP contribution in [0, 0.1) is 0 Å². The molecule has 0 saturated heterocycles. The van der Waals surface area contributed by atoms with Crippen LogP contribution < -0.4 is 14.8 Å². The Hall–Kier alpha value is -2.67. The molecule has 3 aromatic rings. The van der Waals surface area contributed by atoms with E-state index >= 15 is 0 Å². The van der Waals surface area contributed by atoms with Gasteiger partial charge < -0.3 is 14.8 Å². The van der Waals surface area contributed by atoms with Crippen molar-refractivity contribution in [3.63, 3.8) is 0 Å². The van der Waals surface area contributed by atoms with Crippen LogP contribution in [0.25, 0.3) is 11.3 Å². The maximum Gasteiger partial charge on any atom is 0.247 e. The van der Waals surface area contributed by atoms with Crippen molar-refractivity contribution in [1.82, 2.24) is 10.2 Å². The summed E-state index contributed by atoms with van der Waals surface area (Å²) in [5, 5.41) is 12.0. The van der Waals surface area contributed by atoms with Crippen molar-refractivity contribution in [3.05, 3.63) is 68.8 Å². The van der Waals surface area contributed by atoms with Gasteiger partial charge in [-0.1, -0.05) is 41.4 Å². The number of fused-ring (bicyclic) bond motifs is 1. The highest BCUT2D eigenvalue weighted by molar-refractivity contribution is 6.38. The Balaban J connectivity index is 1.71. The molecule has 0 bridgehead atoms. The highest BCUT2D eigenvalue weighted by atomic mass is 35.5. The molecule has 1 atom stereocenters. The van der Waals surface area contributed by atoms with Crippen molar-refractivity contribution in [2.45, 2.75) is 25.2 Å². The second-order valence-corrected chi connectivity index (χ2v) is 8.87. The van der Waals surface area contributed by atoms with E-state index in [1.807, 2.05) is 6.07 Å². The van der Waals surface area contributed by atoms with Crippen LogP contribution in [0.5, 0.6) is 11.5 Å². The minimum absolute atomic E-state index is 0.0555. The first-order chi connectivity index (χ1) is 15.9. The number of rotatable bonds is 6. The van der Waals surface area contributed by atoms with E-state index in [-0.39, 0.29) is 11.8 Å². The Bertz CT molecular complexity index is 1210. The SMILES string of the molecule is C=CC(=O)Nc1cc(Cl)ccc1-c1n[nH]c2c1CC[C@@H](c1c(Cl)c(OC)cc(OC)c1Cl)C2. The molecule has 0 radical (unpaired) electrons. The predicted molar refractivity (Wildman–Crippen MR) is 132 cm³/mol. The molecular formula is C24H22Cl3N3O3. The molecule has 1 aromatic heterocycles. The molecule has 0 aliphatic heterocycles. The van der Waals surface area contributed by atoms with Gasteiger partial charge in [0.05, 0.1) is 35.6 Å². The quantitative estimate of drug-likeness (QED) is 0.377. The van der Waals surface area contributed by atoms with Gasteiger partial charge in [-0.3, -0.25) is 9.89 Å². The maximum absolute atomic E-state index is 11.9. The first kappa shape index (κ1) is 23.5. The van der Waals surface area contributed by atoms with E-state index in [4.69, 9.17) is 44.3 Å². The minimum Gasteiger partial charge on any atom is -0.495 e. The second kappa shape index (κ2) is 9.67. The van der Waals surface area contributed by atoms with E-state index in [1.165, 1.54) is 6.08 Å². The molecule has 1 aliphatic carbocycles. The molecule has 33 heavy (non-hydrogen) atoms. The molecular weight excluding hydrogens is 485 g/mol. The summed E-state index contributed by atoms with van der Waals surface area (Å²) in [7, 11) is 3.13. The van der Waals surface area contributed by atoms with E-state index in [0.29, 0.717) is 38.7 Å². The fourth-order valence-corrected chi connectivity index (χ4v) is 5.23. The Labute approximate surface area is 206 Å². The van der Waals surface area contributed by atoms with Crippen LogP contribution in [0.15, 0.2) is 36.9 Å². The van der Waals surface area contributed by atoms with Crippen LogP contribution in [0.4, 0.5) is 5.69 Å². The highest BCUT2D eigenvalue weighted by Gasteiger charge is 2.31. The lowest BCUT2D eigenvalue weighted by Gasteiger charge is -2.26. The third-order valence-corrected chi connectivity index (χ3v) is 6.86. The Kier molecular flexibility index (Phi) is 6.88. The largest absolute Gasteiger partial charge is 0.495 e. The van der Waals surface area contributed by atoms with E-state index < -0.39 is 0 Å². The van der Waals surface area contributed by atoms with Crippen molar-refractivity contribution in [3.8, 4) is 22.8 Å². The number of halogens is 3. The fourth-order valence-electron chi connectivity index (χ4n) is 4.25. The first-order valence-corrected chi connectivity index (χ1v) is 11.4. The molecule has 0 spiro atoms. The van der Waals surface area contributed by atoms with E-state index in [0.717, 1.165) is 40.9 Å². The smallest absolute Gasteiger partial charge is 0.247 e. The molecule has 2 N–H and O–H groups in total. The number of nitrogens with one attached hydrogen (secondary N) is 2. The van der Waals surface area contributed by atoms with E-state index in [2.05, 4.69) is 22.1 Å². The number of amides is 1. The summed E-state index contributed by atoms with van der Waals surface area (Å²) in [6.45, 7) is 3.51. The number of aromatic amines is 1. The molecule has 9 heteroatoms. The zero-order valence-electron chi connectivity index (χ0n) is 18.1. The summed E-state index contributed by atoms with van der Waals surface area (Å²) in [4.78, 5) is 11.9. The Morgan fingerprint density at radius 1 is 1.18 bits per heavy atom. The molecule has 0 saturated carbocycles. The van der Waals surface area contributed by atoms with E-state index in [9.17, 15) is 4.79 Å². The van der Waals surface area contributed by atoms with Crippen LogP contribution in [0.3, 0.4) is 0 Å². The molecule has 0 fully saturated rings. The molecule has 1 amide bonds. The topological polar surface area (TPSA) is 76.2 Å². The van der Waals surface area contributed by atoms with Gasteiger partial charge in [0, 0.05) is 33.5 Å². The zero-order chi connectivity index (χ0) is 23.7. The van der Waals surface area contributed by atoms with Crippen LogP contribution in [0.2, 0.25) is 15.1 Å². The number of hydrogen-bond acceptors (Lipinski definition) is 4. The maximum atomic E-state index is 11.9. The number of carbonyl (C=O) groups is 1. The number of anilines is 1. The number of hydrogen-bond donors (Lipinski definition) is 2. The number of aromatic nitrogens is 2. The van der Waals surface area contributed by atoms with E-state index in [1.54, 1.807) is 32.4 Å². The van der Waals surface area contributed by atoms with Gasteiger partial charge in [-0.05, 0) is 49.5 Å². The predicted octanol–water partition coefficient (Wildman–Crippen LogP) is 6.45. The summed E-state index contributed by atoms with van der Waals surface area (Å²) >= 11 is 19.5. The minimum atomic E-state index is -0.320. The molecule has 1 heterocycles. The van der Waals surface area contributed by atoms with Crippen molar-refractivity contribution >= 4 is 46.4 Å². The lowest BCUT2D eigenvalue weighted by molar-refractivity contribution is -0.111. The van der Waals surface area contributed by atoms with Gasteiger partial charge in [0.15, 0.2) is 0 Å². The molecule has 4 rings (SSSR count). The average Bonchev–Trinajstić information content (AvgIpc) is 3.22. The van der Waals surface area contributed by atoms with Crippen molar-refractivity contribution in [1.29, 1.82) is 0 Å². The monoisotopic (exact) mass is 505 g/mol. The van der Waals surface area contributed by atoms with Crippen LogP contribution in [-0.4, -0.2) is 30.3 Å². The first-order valence-electron chi connectivity index (χ1n) is 10.3. The summed E-state index contributed by atoms with van der Waals surface area (Å²) in [5.74, 6) is 0.778. The number of methoxy groups -OCH3 is 2. The van der Waals surface area contributed by atoms with Gasteiger partial charge in [0.2, 0.25) is 5.91 Å².